The highest BCUT2D eigenvalue weighted by Gasteiger charge is 2.12. The van der Waals surface area contributed by atoms with E-state index in [0.717, 1.165) is 16.8 Å². The Morgan fingerprint density at radius 2 is 1.88 bits per heavy atom. The molecule has 3 nitrogen and oxygen atoms in total. The zero-order chi connectivity index (χ0) is 12.6. The second kappa shape index (κ2) is 4.30. The molecule has 90 valence electrons. The summed E-state index contributed by atoms with van der Waals surface area (Å²) in [7, 11) is 1.85. The quantitative estimate of drug-likeness (QED) is 0.865. The van der Waals surface area contributed by atoms with E-state index in [-0.39, 0.29) is 5.82 Å². The van der Waals surface area contributed by atoms with Crippen molar-refractivity contribution in [3.63, 3.8) is 0 Å². The Balaban J connectivity index is 2.60. The van der Waals surface area contributed by atoms with Gasteiger partial charge in [-0.3, -0.25) is 4.68 Å². The fourth-order valence-corrected chi connectivity index (χ4v) is 2.01. The first-order valence-electron chi connectivity index (χ1n) is 5.52. The highest BCUT2D eigenvalue weighted by atomic mass is 19.1. The Morgan fingerprint density at radius 3 is 2.41 bits per heavy atom. The lowest BCUT2D eigenvalue weighted by molar-refractivity contribution is 0.609. The topological polar surface area (TPSA) is 43.8 Å². The smallest absolute Gasteiger partial charge is 0.129 e. The molecule has 0 saturated carbocycles. The largest absolute Gasteiger partial charge is 0.326 e. The van der Waals surface area contributed by atoms with E-state index in [1.807, 2.05) is 25.4 Å². The van der Waals surface area contributed by atoms with Gasteiger partial charge < -0.3 is 5.73 Å². The van der Waals surface area contributed by atoms with Gasteiger partial charge in [0.15, 0.2) is 0 Å². The molecule has 0 saturated heterocycles. The van der Waals surface area contributed by atoms with Gasteiger partial charge in [-0.2, -0.15) is 5.10 Å². The molecule has 2 aromatic rings. The predicted octanol–water partition coefficient (Wildman–Crippen LogP) is 2.30. The molecule has 17 heavy (non-hydrogen) atoms. The monoisotopic (exact) mass is 233 g/mol. The second-order valence-corrected chi connectivity index (χ2v) is 4.30. The summed E-state index contributed by atoms with van der Waals surface area (Å²) in [6.45, 7) is 3.95. The molecular weight excluding hydrogens is 217 g/mol. The minimum Gasteiger partial charge on any atom is -0.326 e. The summed E-state index contributed by atoms with van der Waals surface area (Å²) >= 11 is 0. The van der Waals surface area contributed by atoms with Crippen molar-refractivity contribution in [2.45, 2.75) is 20.4 Å². The minimum atomic E-state index is -0.154. The first-order valence-corrected chi connectivity index (χ1v) is 5.52. The van der Waals surface area contributed by atoms with Crippen LogP contribution in [0.1, 0.15) is 16.7 Å². The zero-order valence-electron chi connectivity index (χ0n) is 10.3. The first-order chi connectivity index (χ1) is 8.02. The van der Waals surface area contributed by atoms with Gasteiger partial charge in [-0.05, 0) is 37.1 Å². The molecule has 2 N–H and O–H groups in total. The molecule has 0 amide bonds. The molecule has 0 bridgehead atoms. The van der Waals surface area contributed by atoms with Gasteiger partial charge in [0.25, 0.3) is 0 Å². The van der Waals surface area contributed by atoms with Crippen molar-refractivity contribution in [1.82, 2.24) is 9.78 Å². The third kappa shape index (κ3) is 2.08. The average Bonchev–Trinajstić information content (AvgIpc) is 2.66. The molecule has 0 aliphatic carbocycles. The van der Waals surface area contributed by atoms with E-state index in [4.69, 9.17) is 5.73 Å². The summed E-state index contributed by atoms with van der Waals surface area (Å²) in [6.07, 6.45) is 1.89. The van der Waals surface area contributed by atoms with Gasteiger partial charge in [0.2, 0.25) is 0 Å². The van der Waals surface area contributed by atoms with E-state index in [2.05, 4.69) is 5.10 Å². The highest BCUT2D eigenvalue weighted by molar-refractivity contribution is 5.64. The van der Waals surface area contributed by atoms with Crippen LogP contribution in [0.3, 0.4) is 0 Å². The molecule has 0 atom stereocenters. The van der Waals surface area contributed by atoms with Gasteiger partial charge in [0, 0.05) is 30.9 Å². The molecule has 0 aliphatic heterocycles. The zero-order valence-corrected chi connectivity index (χ0v) is 10.3. The van der Waals surface area contributed by atoms with Crippen molar-refractivity contribution >= 4 is 0 Å². The molecular formula is C13H16FN3. The number of nitrogens with two attached hydrogens (primary N) is 1. The minimum absolute atomic E-state index is 0.154. The van der Waals surface area contributed by atoms with Gasteiger partial charge in [-0.25, -0.2) is 4.39 Å². The van der Waals surface area contributed by atoms with E-state index in [0.29, 0.717) is 17.7 Å². The van der Waals surface area contributed by atoms with Gasteiger partial charge in [0.1, 0.15) is 5.82 Å². The Bertz CT molecular complexity index is 535. The van der Waals surface area contributed by atoms with E-state index >= 15 is 0 Å². The molecule has 0 fully saturated rings. The summed E-state index contributed by atoms with van der Waals surface area (Å²) in [4.78, 5) is 0. The van der Waals surface area contributed by atoms with Gasteiger partial charge in [-0.15, -0.1) is 0 Å². The fraction of sp³-hybridized carbons (Fsp3) is 0.308. The van der Waals surface area contributed by atoms with Crippen molar-refractivity contribution < 1.29 is 4.39 Å². The van der Waals surface area contributed by atoms with Crippen LogP contribution in [0.5, 0.6) is 0 Å². The molecule has 1 heterocycles. The number of rotatable bonds is 2. The van der Waals surface area contributed by atoms with Crippen LogP contribution in [0.25, 0.3) is 11.3 Å². The lowest BCUT2D eigenvalue weighted by atomic mass is 10.0. The summed E-state index contributed by atoms with van der Waals surface area (Å²) in [5.74, 6) is -0.154. The Kier molecular flexibility index (Phi) is 2.98. The number of hydrogen-bond donors (Lipinski definition) is 1. The van der Waals surface area contributed by atoms with Crippen LogP contribution >= 0.6 is 0 Å². The molecule has 1 aromatic heterocycles. The molecule has 0 spiro atoms. The van der Waals surface area contributed by atoms with Gasteiger partial charge in [-0.1, -0.05) is 0 Å². The van der Waals surface area contributed by atoms with Crippen LogP contribution in [-0.4, -0.2) is 9.78 Å². The standard InChI is InChI=1S/C13H16FN3/c1-8-4-10(5-9(2)12(8)14)13-11(6-15)7-17(3)16-13/h4-5,7H,6,15H2,1-3H3. The number of aromatic nitrogens is 2. The van der Waals surface area contributed by atoms with E-state index in [9.17, 15) is 4.39 Å². The van der Waals surface area contributed by atoms with Crippen molar-refractivity contribution in [2.75, 3.05) is 0 Å². The van der Waals surface area contributed by atoms with Crippen LogP contribution < -0.4 is 5.73 Å². The highest BCUT2D eigenvalue weighted by Crippen LogP contribution is 2.25. The van der Waals surface area contributed by atoms with Crippen LogP contribution in [0.4, 0.5) is 4.39 Å². The van der Waals surface area contributed by atoms with Crippen LogP contribution in [0.2, 0.25) is 0 Å². The lowest BCUT2D eigenvalue weighted by Gasteiger charge is -2.06. The SMILES string of the molecule is Cc1cc(-c2nn(C)cc2CN)cc(C)c1F. The van der Waals surface area contributed by atoms with Crippen LogP contribution in [-0.2, 0) is 13.6 Å². The second-order valence-electron chi connectivity index (χ2n) is 4.30. The number of aryl methyl sites for hydroxylation is 3. The van der Waals surface area contributed by atoms with E-state index in [1.165, 1.54) is 0 Å². The van der Waals surface area contributed by atoms with Crippen molar-refractivity contribution in [3.8, 4) is 11.3 Å². The molecule has 0 unspecified atom stereocenters. The maximum absolute atomic E-state index is 13.6. The van der Waals surface area contributed by atoms with Crippen LogP contribution in [0.15, 0.2) is 18.3 Å². The Labute approximate surface area is 100 Å². The average molecular weight is 233 g/mol. The van der Waals surface area contributed by atoms with Crippen molar-refractivity contribution in [2.24, 2.45) is 12.8 Å². The van der Waals surface area contributed by atoms with Crippen molar-refractivity contribution in [3.05, 3.63) is 40.8 Å². The maximum Gasteiger partial charge on any atom is 0.129 e. The fourth-order valence-electron chi connectivity index (χ4n) is 2.01. The van der Waals surface area contributed by atoms with Crippen LogP contribution in [0, 0.1) is 19.7 Å². The number of benzene rings is 1. The van der Waals surface area contributed by atoms with E-state index in [1.54, 1.807) is 18.5 Å². The van der Waals surface area contributed by atoms with Gasteiger partial charge >= 0.3 is 0 Å². The number of halogens is 1. The Hall–Kier alpha value is -1.68. The predicted molar refractivity (Wildman–Crippen MR) is 66.0 cm³/mol. The molecule has 1 aromatic carbocycles. The summed E-state index contributed by atoms with van der Waals surface area (Å²) in [6, 6.07) is 3.62. The Morgan fingerprint density at radius 1 is 1.29 bits per heavy atom. The molecule has 4 heteroatoms. The molecule has 2 rings (SSSR count). The first kappa shape index (κ1) is 11.8. The number of nitrogens with zero attached hydrogens (tertiary/aromatic N) is 2. The third-order valence-corrected chi connectivity index (χ3v) is 2.83. The third-order valence-electron chi connectivity index (χ3n) is 2.83. The number of hydrogen-bond acceptors (Lipinski definition) is 2. The molecule has 0 aliphatic rings. The summed E-state index contributed by atoms with van der Waals surface area (Å²) in [5.41, 5.74) is 9.67. The normalized spacial score (nSPS) is 10.9. The summed E-state index contributed by atoms with van der Waals surface area (Å²) < 4.78 is 15.3. The maximum atomic E-state index is 13.6. The van der Waals surface area contributed by atoms with Crippen molar-refractivity contribution in [1.29, 1.82) is 0 Å². The van der Waals surface area contributed by atoms with Gasteiger partial charge in [0.05, 0.1) is 5.69 Å². The lowest BCUT2D eigenvalue weighted by Crippen LogP contribution is -1.97. The van der Waals surface area contributed by atoms with E-state index < -0.39 is 0 Å². The summed E-state index contributed by atoms with van der Waals surface area (Å²) in [5, 5.41) is 4.38. The molecule has 0 radical (unpaired) electrons.